The van der Waals surface area contributed by atoms with E-state index in [-0.39, 0.29) is 23.8 Å². The molecule has 2 N–H and O–H groups in total. The topological polar surface area (TPSA) is 61.4 Å². The number of hydrogen-bond acceptors (Lipinski definition) is 4. The minimum absolute atomic E-state index is 0.0733. The van der Waals surface area contributed by atoms with E-state index in [9.17, 15) is 9.59 Å². The number of anilines is 1. The van der Waals surface area contributed by atoms with E-state index in [2.05, 4.69) is 33.0 Å². The number of likely N-dealkylation sites (tertiary alicyclic amines) is 1. The predicted molar refractivity (Wildman–Crippen MR) is 108 cm³/mol. The van der Waals surface area contributed by atoms with Crippen molar-refractivity contribution in [2.45, 2.75) is 31.7 Å². The Labute approximate surface area is 163 Å². The molecule has 5 nitrogen and oxygen atoms in total. The molecule has 6 heteroatoms. The molecule has 2 fully saturated rings. The summed E-state index contributed by atoms with van der Waals surface area (Å²) in [6.45, 7) is 2.79. The van der Waals surface area contributed by atoms with Crippen LogP contribution in [0.1, 0.15) is 47.0 Å². The van der Waals surface area contributed by atoms with Gasteiger partial charge in [-0.1, -0.05) is 6.07 Å². The summed E-state index contributed by atoms with van der Waals surface area (Å²) in [5.74, 6) is 0.181. The molecule has 2 amide bonds. The number of amides is 2. The molecule has 4 rings (SSSR count). The number of carbonyl (C=O) groups excluding carboxylic acids is 2. The lowest BCUT2D eigenvalue weighted by Crippen LogP contribution is -2.36. The van der Waals surface area contributed by atoms with E-state index < -0.39 is 0 Å². The Balaban J connectivity index is 1.35. The second kappa shape index (κ2) is 8.23. The van der Waals surface area contributed by atoms with E-state index in [1.54, 1.807) is 35.6 Å². The van der Waals surface area contributed by atoms with Crippen molar-refractivity contribution in [1.82, 2.24) is 10.2 Å². The summed E-state index contributed by atoms with van der Waals surface area (Å²) in [5.41, 5.74) is 1.36. The molecular weight excluding hydrogens is 358 g/mol. The number of thiophene rings is 1. The van der Waals surface area contributed by atoms with Gasteiger partial charge in [-0.2, -0.15) is 0 Å². The van der Waals surface area contributed by atoms with Crippen molar-refractivity contribution in [3.63, 3.8) is 0 Å². The molecular formula is C21H25N3O2S. The minimum atomic E-state index is -0.0733. The van der Waals surface area contributed by atoms with Crippen LogP contribution in [-0.4, -0.2) is 36.3 Å². The standard InChI is InChI=1S/C21H25N3O2S/c25-20(15-7-9-17(10-8-15)23-21(26)16-5-6-16)22-14-18(19-4-3-13-27-19)24-11-1-2-12-24/h3-4,7-10,13,16,18H,1-2,5-6,11-12,14H2,(H,22,25)(H,23,26). The molecule has 0 radical (unpaired) electrons. The van der Waals surface area contributed by atoms with Crippen LogP contribution in [0.5, 0.6) is 0 Å². The summed E-state index contributed by atoms with van der Waals surface area (Å²) in [5, 5.41) is 8.08. The van der Waals surface area contributed by atoms with Crippen molar-refractivity contribution in [3.05, 3.63) is 52.2 Å². The molecule has 1 aliphatic heterocycles. The van der Waals surface area contributed by atoms with Gasteiger partial charge in [-0.15, -0.1) is 11.3 Å². The van der Waals surface area contributed by atoms with Crippen LogP contribution < -0.4 is 10.6 Å². The fourth-order valence-electron chi connectivity index (χ4n) is 3.53. The number of carbonyl (C=O) groups is 2. The highest BCUT2D eigenvalue weighted by atomic mass is 32.1. The summed E-state index contributed by atoms with van der Waals surface area (Å²) >= 11 is 1.75. The van der Waals surface area contributed by atoms with Crippen LogP contribution in [0.15, 0.2) is 41.8 Å². The number of hydrogen-bond donors (Lipinski definition) is 2. The van der Waals surface area contributed by atoms with Gasteiger partial charge in [0.05, 0.1) is 6.04 Å². The monoisotopic (exact) mass is 383 g/mol. The van der Waals surface area contributed by atoms with E-state index in [1.807, 2.05) is 0 Å². The first-order chi connectivity index (χ1) is 13.2. The van der Waals surface area contributed by atoms with E-state index in [4.69, 9.17) is 0 Å². The summed E-state index contributed by atoms with van der Waals surface area (Å²) in [6, 6.07) is 11.6. The lowest BCUT2D eigenvalue weighted by molar-refractivity contribution is -0.117. The highest BCUT2D eigenvalue weighted by Crippen LogP contribution is 2.30. The zero-order valence-corrected chi connectivity index (χ0v) is 16.1. The highest BCUT2D eigenvalue weighted by Gasteiger charge is 2.29. The summed E-state index contributed by atoms with van der Waals surface area (Å²) in [4.78, 5) is 28.1. The number of rotatable bonds is 7. The summed E-state index contributed by atoms with van der Waals surface area (Å²) in [6.07, 6.45) is 4.41. The molecule has 0 spiro atoms. The van der Waals surface area contributed by atoms with E-state index in [1.165, 1.54) is 17.7 Å². The van der Waals surface area contributed by atoms with Crippen LogP contribution >= 0.6 is 11.3 Å². The van der Waals surface area contributed by atoms with Gasteiger partial charge >= 0.3 is 0 Å². The number of benzene rings is 1. The molecule has 142 valence electrons. The van der Waals surface area contributed by atoms with E-state index >= 15 is 0 Å². The molecule has 1 atom stereocenters. The molecule has 1 unspecified atom stereocenters. The molecule has 1 saturated carbocycles. The van der Waals surface area contributed by atoms with Gasteiger partial charge in [0.1, 0.15) is 0 Å². The van der Waals surface area contributed by atoms with Gasteiger partial charge in [0, 0.05) is 28.6 Å². The first kappa shape index (κ1) is 18.2. The van der Waals surface area contributed by atoms with Crippen molar-refractivity contribution in [3.8, 4) is 0 Å². The van der Waals surface area contributed by atoms with Gasteiger partial charge < -0.3 is 10.6 Å². The smallest absolute Gasteiger partial charge is 0.251 e. The molecule has 1 saturated heterocycles. The molecule has 1 aliphatic carbocycles. The Hall–Kier alpha value is -2.18. The van der Waals surface area contributed by atoms with Crippen molar-refractivity contribution in [2.75, 3.05) is 25.0 Å². The maximum Gasteiger partial charge on any atom is 0.251 e. The van der Waals surface area contributed by atoms with Crippen molar-refractivity contribution in [2.24, 2.45) is 5.92 Å². The Morgan fingerprint density at radius 1 is 1.11 bits per heavy atom. The van der Waals surface area contributed by atoms with Gasteiger partial charge in [0.15, 0.2) is 0 Å². The first-order valence-corrected chi connectivity index (χ1v) is 10.6. The molecule has 2 aromatic rings. The third kappa shape index (κ3) is 4.57. The normalized spacial score (nSPS) is 18.2. The van der Waals surface area contributed by atoms with Crippen molar-refractivity contribution in [1.29, 1.82) is 0 Å². The minimum Gasteiger partial charge on any atom is -0.350 e. The average molecular weight is 384 g/mol. The van der Waals surface area contributed by atoms with E-state index in [0.717, 1.165) is 31.6 Å². The molecule has 27 heavy (non-hydrogen) atoms. The lowest BCUT2D eigenvalue weighted by atomic mass is 10.1. The Morgan fingerprint density at radius 2 is 1.85 bits per heavy atom. The van der Waals surface area contributed by atoms with Gasteiger partial charge in [0.2, 0.25) is 5.91 Å². The van der Waals surface area contributed by atoms with E-state index in [0.29, 0.717) is 12.1 Å². The van der Waals surface area contributed by atoms with Crippen LogP contribution in [0.4, 0.5) is 5.69 Å². The van der Waals surface area contributed by atoms with Crippen LogP contribution in [0.25, 0.3) is 0 Å². The average Bonchev–Trinajstić information content (AvgIpc) is 3.15. The fraction of sp³-hybridized carbons (Fsp3) is 0.429. The summed E-state index contributed by atoms with van der Waals surface area (Å²) in [7, 11) is 0. The maximum atomic E-state index is 12.6. The molecule has 2 aliphatic rings. The Bertz CT molecular complexity index is 778. The quantitative estimate of drug-likeness (QED) is 0.767. The van der Waals surface area contributed by atoms with Gasteiger partial charge in [-0.3, -0.25) is 14.5 Å². The van der Waals surface area contributed by atoms with Gasteiger partial charge in [0.25, 0.3) is 5.91 Å². The summed E-state index contributed by atoms with van der Waals surface area (Å²) < 4.78 is 0. The SMILES string of the molecule is O=C(NCC(c1cccs1)N1CCCC1)c1ccc(NC(=O)C2CC2)cc1. The van der Waals surface area contributed by atoms with Crippen molar-refractivity contribution >= 4 is 28.8 Å². The maximum absolute atomic E-state index is 12.6. The molecule has 0 bridgehead atoms. The largest absolute Gasteiger partial charge is 0.350 e. The third-order valence-corrected chi connectivity index (χ3v) is 6.25. The third-order valence-electron chi connectivity index (χ3n) is 5.27. The molecule has 1 aromatic heterocycles. The van der Waals surface area contributed by atoms with Crippen LogP contribution in [-0.2, 0) is 4.79 Å². The van der Waals surface area contributed by atoms with Crippen molar-refractivity contribution < 1.29 is 9.59 Å². The highest BCUT2D eigenvalue weighted by molar-refractivity contribution is 7.10. The van der Waals surface area contributed by atoms with Crippen LogP contribution in [0, 0.1) is 5.92 Å². The first-order valence-electron chi connectivity index (χ1n) is 9.67. The van der Waals surface area contributed by atoms with Crippen LogP contribution in [0.3, 0.4) is 0 Å². The predicted octanol–water partition coefficient (Wildman–Crippen LogP) is 3.66. The Kier molecular flexibility index (Phi) is 5.55. The number of nitrogens with one attached hydrogen (secondary N) is 2. The van der Waals surface area contributed by atoms with Crippen LogP contribution in [0.2, 0.25) is 0 Å². The molecule has 2 heterocycles. The molecule has 1 aromatic carbocycles. The zero-order valence-electron chi connectivity index (χ0n) is 15.3. The second-order valence-corrected chi connectivity index (χ2v) is 8.30. The number of nitrogens with zero attached hydrogens (tertiary/aromatic N) is 1. The second-order valence-electron chi connectivity index (χ2n) is 7.33. The Morgan fingerprint density at radius 3 is 2.48 bits per heavy atom. The fourth-order valence-corrected chi connectivity index (χ4v) is 4.39. The van der Waals surface area contributed by atoms with Gasteiger partial charge in [-0.25, -0.2) is 0 Å². The van der Waals surface area contributed by atoms with Gasteiger partial charge in [-0.05, 0) is 74.5 Å². The zero-order chi connectivity index (χ0) is 18.6. The lowest BCUT2D eigenvalue weighted by Gasteiger charge is -2.27.